The lowest BCUT2D eigenvalue weighted by molar-refractivity contribution is 0.0918. The second kappa shape index (κ2) is 8.13. The lowest BCUT2D eigenvalue weighted by atomic mass is 9.99. The first kappa shape index (κ1) is 19.9. The van der Waals surface area contributed by atoms with Crippen LogP contribution in [0.25, 0.3) is 22.2 Å². The van der Waals surface area contributed by atoms with Gasteiger partial charge in [-0.2, -0.15) is 0 Å². The number of carbonyl (C=O) groups is 1. The summed E-state index contributed by atoms with van der Waals surface area (Å²) in [4.78, 5) is 20.4. The number of nitrogens with zero attached hydrogens (tertiary/aromatic N) is 2. The molecule has 1 aliphatic heterocycles. The fourth-order valence-electron chi connectivity index (χ4n) is 3.88. The number of carbonyl (C=O) groups excluding carboxylic acids is 1. The zero-order valence-corrected chi connectivity index (χ0v) is 17.9. The van der Waals surface area contributed by atoms with Crippen LogP contribution in [0, 0.1) is 13.8 Å². The molecule has 0 bridgehead atoms. The fraction of sp³-hybridized carbons (Fsp3) is 0.333. The predicted molar refractivity (Wildman–Crippen MR) is 120 cm³/mol. The van der Waals surface area contributed by atoms with E-state index in [1.54, 1.807) is 0 Å². The summed E-state index contributed by atoms with van der Waals surface area (Å²) < 4.78 is 0. The lowest BCUT2D eigenvalue weighted by Crippen LogP contribution is -2.43. The molecule has 0 radical (unpaired) electrons. The molecule has 1 aliphatic rings. The van der Waals surface area contributed by atoms with Crippen molar-refractivity contribution in [2.24, 2.45) is 0 Å². The van der Waals surface area contributed by atoms with Gasteiger partial charge in [-0.1, -0.05) is 47.5 Å². The number of rotatable bonds is 3. The van der Waals surface area contributed by atoms with Gasteiger partial charge in [-0.25, -0.2) is 4.98 Å². The van der Waals surface area contributed by atoms with E-state index in [1.165, 1.54) is 5.56 Å². The minimum absolute atomic E-state index is 0.0398. The second-order valence-corrected chi connectivity index (χ2v) is 8.45. The van der Waals surface area contributed by atoms with Gasteiger partial charge in [-0.05, 0) is 64.5 Å². The van der Waals surface area contributed by atoms with Crippen LogP contribution in [0.3, 0.4) is 0 Å². The van der Waals surface area contributed by atoms with E-state index < -0.39 is 0 Å². The van der Waals surface area contributed by atoms with Crippen molar-refractivity contribution in [2.75, 3.05) is 20.1 Å². The molecule has 1 aromatic heterocycles. The van der Waals surface area contributed by atoms with Crippen LogP contribution in [-0.4, -0.2) is 42.0 Å². The van der Waals surface area contributed by atoms with Gasteiger partial charge < -0.3 is 10.2 Å². The third kappa shape index (κ3) is 4.14. The first-order valence-corrected chi connectivity index (χ1v) is 10.5. The molecule has 2 heterocycles. The number of halogens is 1. The number of nitrogens with one attached hydrogen (secondary N) is 1. The van der Waals surface area contributed by atoms with Crippen LogP contribution in [-0.2, 0) is 0 Å². The number of aromatic nitrogens is 1. The van der Waals surface area contributed by atoms with Gasteiger partial charge in [0.2, 0.25) is 0 Å². The average molecular weight is 408 g/mol. The third-order valence-corrected chi connectivity index (χ3v) is 6.22. The molecule has 150 valence electrons. The molecule has 4 rings (SSSR count). The molecule has 1 N–H and O–H groups in total. The maximum absolute atomic E-state index is 13.3. The predicted octanol–water partition coefficient (Wildman–Crippen LogP) is 5.00. The van der Waals surface area contributed by atoms with Gasteiger partial charge in [0.05, 0.1) is 16.8 Å². The molecule has 0 unspecified atom stereocenters. The van der Waals surface area contributed by atoms with E-state index in [4.69, 9.17) is 16.6 Å². The highest BCUT2D eigenvalue weighted by Crippen LogP contribution is 2.30. The molecule has 4 nitrogen and oxygen atoms in total. The Kier molecular flexibility index (Phi) is 5.57. The summed E-state index contributed by atoms with van der Waals surface area (Å²) in [6.07, 6.45) is 1.95. The van der Waals surface area contributed by atoms with E-state index in [0.717, 1.165) is 53.7 Å². The van der Waals surface area contributed by atoms with Crippen molar-refractivity contribution in [3.8, 4) is 11.3 Å². The molecular formula is C24H26ClN3O. The number of amides is 1. The summed E-state index contributed by atoms with van der Waals surface area (Å²) >= 11 is 6.36. The van der Waals surface area contributed by atoms with E-state index in [2.05, 4.69) is 36.3 Å². The summed E-state index contributed by atoms with van der Waals surface area (Å²) in [5, 5.41) is 4.74. The minimum atomic E-state index is -0.0398. The van der Waals surface area contributed by atoms with E-state index in [9.17, 15) is 4.79 Å². The zero-order chi connectivity index (χ0) is 20.5. The standard InChI is InChI=1S/C24H26ClN3O/c1-15-4-6-17(7-5-15)22-14-20(19-8-9-21(25)16(2)23(19)27-22)24(29)26-18-10-12-28(3)13-11-18/h4-9,14,18H,10-13H2,1-3H3,(H,26,29). The van der Waals surface area contributed by atoms with Crippen LogP contribution in [0.2, 0.25) is 5.02 Å². The number of likely N-dealkylation sites (tertiary alicyclic amines) is 1. The Morgan fingerprint density at radius 3 is 2.48 bits per heavy atom. The van der Waals surface area contributed by atoms with Gasteiger partial charge in [0, 0.05) is 22.0 Å². The van der Waals surface area contributed by atoms with Crippen molar-refractivity contribution >= 4 is 28.4 Å². The van der Waals surface area contributed by atoms with Crippen molar-refractivity contribution in [3.63, 3.8) is 0 Å². The highest BCUT2D eigenvalue weighted by Gasteiger charge is 2.22. The Morgan fingerprint density at radius 1 is 1.10 bits per heavy atom. The SMILES string of the molecule is Cc1ccc(-c2cc(C(=O)NC3CCN(C)CC3)c3ccc(Cl)c(C)c3n2)cc1. The number of fused-ring (bicyclic) bond motifs is 1. The van der Waals surface area contributed by atoms with E-state index >= 15 is 0 Å². The maximum atomic E-state index is 13.3. The van der Waals surface area contributed by atoms with Gasteiger partial charge in [0.25, 0.3) is 5.91 Å². The van der Waals surface area contributed by atoms with Gasteiger partial charge in [0.15, 0.2) is 0 Å². The van der Waals surface area contributed by atoms with E-state index in [-0.39, 0.29) is 11.9 Å². The zero-order valence-electron chi connectivity index (χ0n) is 17.1. The first-order valence-electron chi connectivity index (χ1n) is 10.1. The molecule has 3 aromatic rings. The number of aryl methyl sites for hydroxylation is 2. The maximum Gasteiger partial charge on any atom is 0.252 e. The van der Waals surface area contributed by atoms with E-state index in [0.29, 0.717) is 10.6 Å². The van der Waals surface area contributed by atoms with Gasteiger partial charge >= 0.3 is 0 Å². The van der Waals surface area contributed by atoms with Crippen LogP contribution in [0.15, 0.2) is 42.5 Å². The van der Waals surface area contributed by atoms with Crippen LogP contribution >= 0.6 is 11.6 Å². The third-order valence-electron chi connectivity index (χ3n) is 5.81. The first-order chi connectivity index (χ1) is 13.9. The summed E-state index contributed by atoms with van der Waals surface area (Å²) in [5.74, 6) is -0.0398. The molecule has 1 saturated heterocycles. The van der Waals surface area contributed by atoms with Crippen molar-refractivity contribution in [1.82, 2.24) is 15.2 Å². The normalized spacial score (nSPS) is 15.6. The number of pyridine rings is 1. The van der Waals surface area contributed by atoms with E-state index in [1.807, 2.05) is 37.3 Å². The summed E-state index contributed by atoms with van der Waals surface area (Å²) in [5.41, 5.74) is 5.30. The molecule has 1 fully saturated rings. The number of hydrogen-bond acceptors (Lipinski definition) is 3. The van der Waals surface area contributed by atoms with Gasteiger partial charge in [-0.3, -0.25) is 4.79 Å². The largest absolute Gasteiger partial charge is 0.349 e. The lowest BCUT2D eigenvalue weighted by Gasteiger charge is -2.29. The Bertz CT molecular complexity index is 1050. The summed E-state index contributed by atoms with van der Waals surface area (Å²) in [7, 11) is 2.12. The van der Waals surface area contributed by atoms with Crippen molar-refractivity contribution in [2.45, 2.75) is 32.7 Å². The number of hydrogen-bond donors (Lipinski definition) is 1. The molecule has 0 atom stereocenters. The van der Waals surface area contributed by atoms with Crippen LogP contribution in [0.5, 0.6) is 0 Å². The van der Waals surface area contributed by atoms with Crippen molar-refractivity contribution in [1.29, 1.82) is 0 Å². The van der Waals surface area contributed by atoms with Crippen LogP contribution in [0.1, 0.15) is 34.3 Å². The van der Waals surface area contributed by atoms with Crippen molar-refractivity contribution in [3.05, 3.63) is 64.2 Å². The highest BCUT2D eigenvalue weighted by atomic mass is 35.5. The Balaban J connectivity index is 1.77. The van der Waals surface area contributed by atoms with Gasteiger partial charge in [0.1, 0.15) is 0 Å². The molecule has 0 spiro atoms. The quantitative estimate of drug-likeness (QED) is 0.664. The Hall–Kier alpha value is -2.43. The van der Waals surface area contributed by atoms with Crippen LogP contribution in [0.4, 0.5) is 0 Å². The smallest absolute Gasteiger partial charge is 0.252 e. The molecule has 5 heteroatoms. The molecular weight excluding hydrogens is 382 g/mol. The number of piperidine rings is 1. The minimum Gasteiger partial charge on any atom is -0.349 e. The molecule has 0 aliphatic carbocycles. The Labute approximate surface area is 176 Å². The molecule has 2 aromatic carbocycles. The highest BCUT2D eigenvalue weighted by molar-refractivity contribution is 6.32. The average Bonchev–Trinajstić information content (AvgIpc) is 2.72. The molecule has 0 saturated carbocycles. The molecule has 29 heavy (non-hydrogen) atoms. The summed E-state index contributed by atoms with van der Waals surface area (Å²) in [6.45, 7) is 6.02. The second-order valence-electron chi connectivity index (χ2n) is 8.04. The van der Waals surface area contributed by atoms with Crippen molar-refractivity contribution < 1.29 is 4.79 Å². The molecule has 1 amide bonds. The Morgan fingerprint density at radius 2 is 1.79 bits per heavy atom. The fourth-order valence-corrected chi connectivity index (χ4v) is 4.03. The summed E-state index contributed by atoms with van der Waals surface area (Å²) in [6, 6.07) is 14.1. The number of benzene rings is 2. The monoisotopic (exact) mass is 407 g/mol. The van der Waals surface area contributed by atoms with Crippen LogP contribution < -0.4 is 5.32 Å². The topological polar surface area (TPSA) is 45.2 Å². The van der Waals surface area contributed by atoms with Gasteiger partial charge in [-0.15, -0.1) is 0 Å².